The summed E-state index contributed by atoms with van der Waals surface area (Å²) in [5.74, 6) is 0.848. The highest BCUT2D eigenvalue weighted by molar-refractivity contribution is 5.76. The van der Waals surface area contributed by atoms with Crippen LogP contribution < -0.4 is 0 Å². The second-order valence-corrected chi connectivity index (χ2v) is 18.6. The predicted molar refractivity (Wildman–Crippen MR) is 258 cm³/mol. The SMILES string of the molecule is CCCCCCCCN(CCCCCCCC)C(=O)CCCCCCCCCN(C)CCCCCCCCCC(=O)N(CCCCCCCC)CCCCCCCC. The van der Waals surface area contributed by atoms with E-state index in [0.717, 1.165) is 51.9 Å². The summed E-state index contributed by atoms with van der Waals surface area (Å²) in [5.41, 5.74) is 0. The molecule has 0 aromatic rings. The van der Waals surface area contributed by atoms with Crippen molar-refractivity contribution < 1.29 is 9.59 Å². The molecule has 5 heteroatoms. The normalized spacial score (nSPS) is 11.6. The average Bonchev–Trinajstić information content (AvgIpc) is 3.22. The molecule has 0 aliphatic heterocycles. The monoisotopic (exact) mass is 818 g/mol. The van der Waals surface area contributed by atoms with Gasteiger partial charge in [-0.25, -0.2) is 0 Å². The lowest BCUT2D eigenvalue weighted by molar-refractivity contribution is -0.132. The van der Waals surface area contributed by atoms with Crippen LogP contribution in [-0.2, 0) is 9.59 Å². The summed E-state index contributed by atoms with van der Waals surface area (Å²) >= 11 is 0. The zero-order chi connectivity index (χ0) is 42.4. The van der Waals surface area contributed by atoms with Crippen LogP contribution in [0.1, 0.15) is 285 Å². The minimum Gasteiger partial charge on any atom is -0.343 e. The molecule has 0 N–H and O–H groups in total. The number of amides is 2. The standard InChI is InChI=1S/C53H107N3O2/c1-6-10-14-18-32-40-48-55(49-41-33-19-15-11-7-2)52(57)44-36-28-24-22-26-30-38-46-54(5)47-39-31-27-23-25-29-37-45-53(58)56(50-42-34-20-16-12-8-3)51-43-35-21-17-13-9-4/h6-51H2,1-5H3. The van der Waals surface area contributed by atoms with Crippen molar-refractivity contribution in [3.05, 3.63) is 0 Å². The minimum absolute atomic E-state index is 0.424. The summed E-state index contributed by atoms with van der Waals surface area (Å²) in [7, 11) is 2.30. The number of unbranched alkanes of at least 4 members (excludes halogenated alkanes) is 32. The number of carbonyl (C=O) groups excluding carboxylic acids is 2. The Labute approximate surface area is 365 Å². The zero-order valence-corrected chi connectivity index (χ0v) is 40.7. The fraction of sp³-hybridized carbons (Fsp3) is 0.962. The van der Waals surface area contributed by atoms with Gasteiger partial charge in [0.25, 0.3) is 0 Å². The molecule has 0 heterocycles. The molecule has 0 bridgehead atoms. The van der Waals surface area contributed by atoms with E-state index in [-0.39, 0.29) is 0 Å². The number of hydrogen-bond acceptors (Lipinski definition) is 3. The van der Waals surface area contributed by atoms with Crippen molar-refractivity contribution in [2.24, 2.45) is 0 Å². The van der Waals surface area contributed by atoms with Gasteiger partial charge in [0.2, 0.25) is 11.8 Å². The van der Waals surface area contributed by atoms with Crippen molar-refractivity contribution in [3.63, 3.8) is 0 Å². The third-order valence-corrected chi connectivity index (χ3v) is 12.7. The van der Waals surface area contributed by atoms with Gasteiger partial charge in [-0.3, -0.25) is 9.59 Å². The third kappa shape index (κ3) is 40.3. The summed E-state index contributed by atoms with van der Waals surface area (Å²) in [5, 5.41) is 0. The summed E-state index contributed by atoms with van der Waals surface area (Å²) in [6, 6.07) is 0. The Morgan fingerprint density at radius 3 is 0.690 bits per heavy atom. The molecule has 346 valence electrons. The van der Waals surface area contributed by atoms with E-state index in [1.54, 1.807) is 0 Å². The Morgan fingerprint density at radius 1 is 0.259 bits per heavy atom. The molecule has 0 unspecified atom stereocenters. The first-order chi connectivity index (χ1) is 28.5. The maximum atomic E-state index is 13.1. The first kappa shape index (κ1) is 56.9. The van der Waals surface area contributed by atoms with Crippen molar-refractivity contribution >= 4 is 11.8 Å². The van der Waals surface area contributed by atoms with E-state index in [9.17, 15) is 9.59 Å². The molecule has 0 atom stereocenters. The van der Waals surface area contributed by atoms with Gasteiger partial charge in [-0.1, -0.05) is 220 Å². The first-order valence-corrected chi connectivity index (χ1v) is 26.7. The highest BCUT2D eigenvalue weighted by atomic mass is 16.2. The van der Waals surface area contributed by atoms with Crippen molar-refractivity contribution in [2.45, 2.75) is 285 Å². The molecule has 0 spiro atoms. The van der Waals surface area contributed by atoms with Gasteiger partial charge in [0.15, 0.2) is 0 Å². The van der Waals surface area contributed by atoms with Crippen LogP contribution in [0.5, 0.6) is 0 Å². The molecular weight excluding hydrogens is 711 g/mol. The van der Waals surface area contributed by atoms with Crippen LogP contribution in [0.15, 0.2) is 0 Å². The van der Waals surface area contributed by atoms with Crippen molar-refractivity contribution in [1.29, 1.82) is 0 Å². The van der Waals surface area contributed by atoms with Crippen molar-refractivity contribution in [2.75, 3.05) is 46.3 Å². The third-order valence-electron chi connectivity index (χ3n) is 12.7. The topological polar surface area (TPSA) is 43.9 Å². The average molecular weight is 818 g/mol. The summed E-state index contributed by atoms with van der Waals surface area (Å²) in [6.07, 6.45) is 50.4. The Kier molecular flexibility index (Phi) is 46.1. The summed E-state index contributed by atoms with van der Waals surface area (Å²) in [4.78, 5) is 33.3. The molecular formula is C53H107N3O2. The number of carbonyl (C=O) groups is 2. The minimum atomic E-state index is 0.424. The van der Waals surface area contributed by atoms with Crippen LogP contribution in [0.2, 0.25) is 0 Å². The van der Waals surface area contributed by atoms with Gasteiger partial charge in [0, 0.05) is 39.0 Å². The van der Waals surface area contributed by atoms with Crippen LogP contribution in [0.3, 0.4) is 0 Å². The fourth-order valence-corrected chi connectivity index (χ4v) is 8.57. The van der Waals surface area contributed by atoms with E-state index in [2.05, 4.69) is 49.4 Å². The molecule has 5 nitrogen and oxygen atoms in total. The quantitative estimate of drug-likeness (QED) is 0.0575. The lowest BCUT2D eigenvalue weighted by Gasteiger charge is -2.23. The van der Waals surface area contributed by atoms with E-state index in [1.807, 2.05) is 0 Å². The van der Waals surface area contributed by atoms with E-state index in [4.69, 9.17) is 0 Å². The highest BCUT2D eigenvalue weighted by Crippen LogP contribution is 2.16. The van der Waals surface area contributed by atoms with Gasteiger partial charge in [-0.15, -0.1) is 0 Å². The largest absolute Gasteiger partial charge is 0.343 e. The Balaban J connectivity index is 3.95. The number of nitrogens with zero attached hydrogens (tertiary/aromatic N) is 3. The second kappa shape index (κ2) is 47.0. The molecule has 0 aliphatic rings. The Bertz CT molecular complexity index is 736. The fourth-order valence-electron chi connectivity index (χ4n) is 8.57. The van der Waals surface area contributed by atoms with Gasteiger partial charge in [0.1, 0.15) is 0 Å². The predicted octanol–water partition coefficient (Wildman–Crippen LogP) is 16.3. The van der Waals surface area contributed by atoms with E-state index >= 15 is 0 Å². The molecule has 2 amide bonds. The molecule has 0 saturated carbocycles. The van der Waals surface area contributed by atoms with Crippen LogP contribution in [0.25, 0.3) is 0 Å². The van der Waals surface area contributed by atoms with E-state index in [1.165, 1.54) is 244 Å². The van der Waals surface area contributed by atoms with Crippen LogP contribution in [0.4, 0.5) is 0 Å². The molecule has 0 aliphatic carbocycles. The molecule has 0 saturated heterocycles. The molecule has 0 rings (SSSR count). The lowest BCUT2D eigenvalue weighted by Crippen LogP contribution is -2.32. The van der Waals surface area contributed by atoms with Crippen LogP contribution in [-0.4, -0.2) is 72.8 Å². The zero-order valence-electron chi connectivity index (χ0n) is 40.7. The van der Waals surface area contributed by atoms with Crippen LogP contribution >= 0.6 is 0 Å². The summed E-state index contributed by atoms with van der Waals surface area (Å²) < 4.78 is 0. The molecule has 0 aromatic carbocycles. The maximum absolute atomic E-state index is 13.1. The van der Waals surface area contributed by atoms with Gasteiger partial charge in [-0.2, -0.15) is 0 Å². The molecule has 0 fully saturated rings. The van der Waals surface area contributed by atoms with Gasteiger partial charge in [-0.05, 0) is 71.5 Å². The highest BCUT2D eigenvalue weighted by Gasteiger charge is 2.14. The van der Waals surface area contributed by atoms with E-state index in [0.29, 0.717) is 11.8 Å². The smallest absolute Gasteiger partial charge is 0.222 e. The van der Waals surface area contributed by atoms with Gasteiger partial charge < -0.3 is 14.7 Å². The molecule has 0 radical (unpaired) electrons. The first-order valence-electron chi connectivity index (χ1n) is 26.7. The molecule has 58 heavy (non-hydrogen) atoms. The maximum Gasteiger partial charge on any atom is 0.222 e. The van der Waals surface area contributed by atoms with Crippen molar-refractivity contribution in [3.8, 4) is 0 Å². The lowest BCUT2D eigenvalue weighted by atomic mass is 10.1. The van der Waals surface area contributed by atoms with Gasteiger partial charge >= 0.3 is 0 Å². The Morgan fingerprint density at radius 2 is 0.448 bits per heavy atom. The number of hydrogen-bond donors (Lipinski definition) is 0. The van der Waals surface area contributed by atoms with Crippen LogP contribution in [0, 0.1) is 0 Å². The Hall–Kier alpha value is -1.10. The second-order valence-electron chi connectivity index (χ2n) is 18.6. The van der Waals surface area contributed by atoms with Gasteiger partial charge in [0.05, 0.1) is 0 Å². The van der Waals surface area contributed by atoms with E-state index < -0.39 is 0 Å². The molecule has 0 aromatic heterocycles. The van der Waals surface area contributed by atoms with Crippen molar-refractivity contribution in [1.82, 2.24) is 14.7 Å². The summed E-state index contributed by atoms with van der Waals surface area (Å²) in [6.45, 7) is 15.5. The number of rotatable bonds is 48.